The molecule has 1 atom stereocenters. The Morgan fingerprint density at radius 1 is 1.32 bits per heavy atom. The van der Waals surface area contributed by atoms with Crippen LogP contribution in [0.5, 0.6) is 0 Å². The second-order valence-electron chi connectivity index (χ2n) is 5.40. The third-order valence-corrected chi connectivity index (χ3v) is 3.70. The molecule has 0 fully saturated rings. The summed E-state index contributed by atoms with van der Waals surface area (Å²) in [5.74, 6) is -2.23. The number of hydrogen-bond acceptors (Lipinski definition) is 4. The van der Waals surface area contributed by atoms with Gasteiger partial charge in [-0.25, -0.2) is 4.79 Å². The maximum atomic E-state index is 12.0. The van der Waals surface area contributed by atoms with Crippen LogP contribution < -0.4 is 5.32 Å². The summed E-state index contributed by atoms with van der Waals surface area (Å²) in [6.07, 6.45) is 1.34. The van der Waals surface area contributed by atoms with Crippen molar-refractivity contribution in [3.63, 3.8) is 0 Å². The number of rotatable bonds is 8. The lowest BCUT2D eigenvalue weighted by molar-refractivity contribution is -0.138. The minimum atomic E-state index is -0.951. The molecule has 0 aliphatic carbocycles. The smallest absolute Gasteiger partial charge is 0.349 e. The number of benzene rings is 1. The van der Waals surface area contributed by atoms with E-state index in [0.29, 0.717) is 16.3 Å². The van der Waals surface area contributed by atoms with Gasteiger partial charge in [0.15, 0.2) is 0 Å². The van der Waals surface area contributed by atoms with Crippen LogP contribution in [0.15, 0.2) is 23.2 Å². The Bertz CT molecular complexity index is 688. The highest BCUT2D eigenvalue weighted by Crippen LogP contribution is 2.24. The second kappa shape index (κ2) is 10.1. The molecule has 0 aromatic heterocycles. The van der Waals surface area contributed by atoms with Gasteiger partial charge in [-0.1, -0.05) is 30.1 Å². The number of carboxylic acids is 1. The molecule has 136 valence electrons. The van der Waals surface area contributed by atoms with Crippen molar-refractivity contribution in [2.75, 3.05) is 11.9 Å². The molecule has 0 aliphatic rings. The fourth-order valence-corrected chi connectivity index (χ4v) is 2.37. The van der Waals surface area contributed by atoms with E-state index in [1.165, 1.54) is 6.08 Å². The number of carbonyl (C=O) groups excluding carboxylic acids is 2. The minimum absolute atomic E-state index is 0.0731. The van der Waals surface area contributed by atoms with Gasteiger partial charge in [-0.2, -0.15) is 0 Å². The molecule has 1 aromatic rings. The monoisotopic (exact) mass is 387 g/mol. The van der Waals surface area contributed by atoms with Crippen LogP contribution in [-0.4, -0.2) is 29.6 Å². The Kier molecular flexibility index (Phi) is 8.45. The van der Waals surface area contributed by atoms with E-state index >= 15 is 0 Å². The second-order valence-corrected chi connectivity index (χ2v) is 6.22. The van der Waals surface area contributed by atoms with Crippen molar-refractivity contribution in [1.82, 2.24) is 0 Å². The van der Waals surface area contributed by atoms with E-state index in [2.05, 4.69) is 5.32 Å². The van der Waals surface area contributed by atoms with Crippen molar-refractivity contribution >= 4 is 52.8 Å². The quantitative estimate of drug-likeness (QED) is 0.520. The molecule has 0 saturated heterocycles. The summed E-state index contributed by atoms with van der Waals surface area (Å²) in [7, 11) is 0. The van der Waals surface area contributed by atoms with Crippen molar-refractivity contribution in [1.29, 1.82) is 0 Å². The van der Waals surface area contributed by atoms with Gasteiger partial charge >= 0.3 is 11.9 Å². The van der Waals surface area contributed by atoms with Crippen LogP contribution >= 0.6 is 23.2 Å². The number of carboxylic acid groups (broad SMARTS) is 1. The van der Waals surface area contributed by atoms with Crippen molar-refractivity contribution in [3.05, 3.63) is 33.8 Å². The molecule has 1 amide bonds. The van der Waals surface area contributed by atoms with E-state index in [0.717, 1.165) is 0 Å². The predicted octanol–water partition coefficient (Wildman–Crippen LogP) is 3.92. The Morgan fingerprint density at radius 3 is 2.60 bits per heavy atom. The Balaban J connectivity index is 2.84. The van der Waals surface area contributed by atoms with Gasteiger partial charge in [0.1, 0.15) is 5.03 Å². The normalized spacial score (nSPS) is 12.4. The number of aliphatic carboxylic acids is 1. The van der Waals surface area contributed by atoms with Gasteiger partial charge in [0.2, 0.25) is 5.91 Å². The van der Waals surface area contributed by atoms with E-state index in [-0.39, 0.29) is 36.3 Å². The van der Waals surface area contributed by atoms with Crippen molar-refractivity contribution in [2.45, 2.75) is 26.7 Å². The van der Waals surface area contributed by atoms with Crippen LogP contribution in [0.3, 0.4) is 0 Å². The summed E-state index contributed by atoms with van der Waals surface area (Å²) in [5.41, 5.74) is 0.896. The molecular formula is C17H19Cl2NO5. The molecule has 6 nitrogen and oxygen atoms in total. The van der Waals surface area contributed by atoms with Crippen LogP contribution in [0.2, 0.25) is 5.02 Å². The van der Waals surface area contributed by atoms with Crippen LogP contribution in [0.25, 0.3) is 6.08 Å². The summed E-state index contributed by atoms with van der Waals surface area (Å²) in [4.78, 5) is 34.1. The summed E-state index contributed by atoms with van der Waals surface area (Å²) in [6.45, 7) is 3.54. The fraction of sp³-hybridized carbons (Fsp3) is 0.353. The van der Waals surface area contributed by atoms with Gasteiger partial charge in [0.25, 0.3) is 0 Å². The van der Waals surface area contributed by atoms with Gasteiger partial charge < -0.3 is 15.2 Å². The minimum Gasteiger partial charge on any atom is -0.481 e. The van der Waals surface area contributed by atoms with Gasteiger partial charge in [0, 0.05) is 23.6 Å². The van der Waals surface area contributed by atoms with Crippen molar-refractivity contribution in [3.8, 4) is 0 Å². The molecule has 0 spiro atoms. The number of anilines is 1. The lowest BCUT2D eigenvalue weighted by atomic mass is 10.0. The number of carbonyl (C=O) groups is 3. The summed E-state index contributed by atoms with van der Waals surface area (Å²) in [6, 6.07) is 4.71. The summed E-state index contributed by atoms with van der Waals surface area (Å²) in [5, 5.41) is 11.6. The standard InChI is InChI=1S/C17H19Cl2NO5/c1-3-25-17(24)14(19)9-11-8-12(4-5-13(11)18)20-15(21)6-10(2)7-16(22)23/h4-5,8-10H,3,6-7H2,1-2H3,(H,20,21)(H,22,23). The molecule has 0 saturated carbocycles. The molecular weight excluding hydrogens is 369 g/mol. The molecule has 0 heterocycles. The molecule has 2 N–H and O–H groups in total. The number of esters is 1. The average Bonchev–Trinajstić information content (AvgIpc) is 2.49. The topological polar surface area (TPSA) is 92.7 Å². The lowest BCUT2D eigenvalue weighted by Crippen LogP contribution is -2.17. The first-order chi connectivity index (χ1) is 11.7. The van der Waals surface area contributed by atoms with Crippen molar-refractivity contribution in [2.24, 2.45) is 5.92 Å². The molecule has 1 unspecified atom stereocenters. The van der Waals surface area contributed by atoms with Crippen LogP contribution in [0.1, 0.15) is 32.3 Å². The van der Waals surface area contributed by atoms with Gasteiger partial charge in [0.05, 0.1) is 6.61 Å². The third-order valence-electron chi connectivity index (χ3n) is 3.09. The van der Waals surface area contributed by atoms with E-state index in [1.54, 1.807) is 32.0 Å². The maximum absolute atomic E-state index is 12.0. The molecule has 1 rings (SSSR count). The van der Waals surface area contributed by atoms with Gasteiger partial charge in [-0.05, 0) is 42.7 Å². The number of amides is 1. The fourth-order valence-electron chi connectivity index (χ4n) is 2.03. The highest BCUT2D eigenvalue weighted by atomic mass is 35.5. The summed E-state index contributed by atoms with van der Waals surface area (Å²) < 4.78 is 4.79. The zero-order valence-electron chi connectivity index (χ0n) is 13.8. The first-order valence-electron chi connectivity index (χ1n) is 7.58. The Labute approximate surface area is 155 Å². The van der Waals surface area contributed by atoms with Gasteiger partial charge in [-0.15, -0.1) is 0 Å². The zero-order valence-corrected chi connectivity index (χ0v) is 15.4. The van der Waals surface area contributed by atoms with E-state index in [1.807, 2.05) is 0 Å². The van der Waals surface area contributed by atoms with Crippen LogP contribution in [0, 0.1) is 5.92 Å². The molecule has 1 aromatic carbocycles. The largest absolute Gasteiger partial charge is 0.481 e. The SMILES string of the molecule is CCOC(=O)C(Cl)=Cc1cc(NC(=O)CC(C)CC(=O)O)ccc1Cl. The maximum Gasteiger partial charge on any atom is 0.349 e. The molecule has 0 bridgehead atoms. The summed E-state index contributed by atoms with van der Waals surface area (Å²) >= 11 is 11.9. The van der Waals surface area contributed by atoms with Crippen molar-refractivity contribution < 1.29 is 24.2 Å². The first kappa shape index (κ1) is 21.0. The van der Waals surface area contributed by atoms with Gasteiger partial charge in [-0.3, -0.25) is 9.59 Å². The highest BCUT2D eigenvalue weighted by Gasteiger charge is 2.14. The van der Waals surface area contributed by atoms with Crippen LogP contribution in [0.4, 0.5) is 5.69 Å². The molecule has 8 heteroatoms. The number of hydrogen-bond donors (Lipinski definition) is 2. The molecule has 25 heavy (non-hydrogen) atoms. The number of nitrogens with one attached hydrogen (secondary N) is 1. The Hall–Kier alpha value is -2.05. The number of ether oxygens (including phenoxy) is 1. The van der Waals surface area contributed by atoms with Crippen LogP contribution in [-0.2, 0) is 19.1 Å². The highest BCUT2D eigenvalue weighted by molar-refractivity contribution is 6.43. The van der Waals surface area contributed by atoms with E-state index < -0.39 is 11.9 Å². The third kappa shape index (κ3) is 7.58. The lowest BCUT2D eigenvalue weighted by Gasteiger charge is -2.10. The number of halogens is 2. The average molecular weight is 388 g/mol. The zero-order chi connectivity index (χ0) is 19.0. The first-order valence-corrected chi connectivity index (χ1v) is 8.34. The predicted molar refractivity (Wildman–Crippen MR) is 96.6 cm³/mol. The molecule has 0 radical (unpaired) electrons. The Morgan fingerprint density at radius 2 is 2.00 bits per heavy atom. The molecule has 0 aliphatic heterocycles. The van der Waals surface area contributed by atoms with E-state index in [4.69, 9.17) is 33.0 Å². The van der Waals surface area contributed by atoms with E-state index in [9.17, 15) is 14.4 Å².